The number of amides is 1. The van der Waals surface area contributed by atoms with Crippen molar-refractivity contribution in [1.82, 2.24) is 0 Å². The molecule has 0 saturated heterocycles. The van der Waals surface area contributed by atoms with Crippen molar-refractivity contribution in [1.29, 1.82) is 0 Å². The highest BCUT2D eigenvalue weighted by atomic mass is 19.1. The van der Waals surface area contributed by atoms with Crippen LogP contribution in [0.4, 0.5) is 10.1 Å². The maximum Gasteiger partial charge on any atom is 0.251 e. The quantitative estimate of drug-likeness (QED) is 0.775. The molecule has 0 aliphatic rings. The maximum atomic E-state index is 13.4. The Morgan fingerprint density at radius 3 is 2.36 bits per heavy atom. The molecule has 0 aromatic heterocycles. The maximum absolute atomic E-state index is 13.4. The molecule has 0 heterocycles. The Kier molecular flexibility index (Phi) is 2.74. The summed E-state index contributed by atoms with van der Waals surface area (Å²) in [5.41, 5.74) is 6.29. The lowest BCUT2D eigenvalue weighted by molar-refractivity contribution is 0.0996. The summed E-state index contributed by atoms with van der Waals surface area (Å²) < 4.78 is 13.4. The van der Waals surface area contributed by atoms with Crippen molar-refractivity contribution in [3.63, 3.8) is 0 Å². The Labute approximate surface area is 82.3 Å². The number of primary amides is 1. The van der Waals surface area contributed by atoms with E-state index in [9.17, 15) is 9.18 Å². The van der Waals surface area contributed by atoms with Gasteiger partial charge in [-0.15, -0.1) is 0 Å². The zero-order valence-corrected chi connectivity index (χ0v) is 8.47. The van der Waals surface area contributed by atoms with Gasteiger partial charge in [-0.2, -0.15) is 0 Å². The number of carbonyl (C=O) groups excluding carboxylic acids is 1. The topological polar surface area (TPSA) is 46.3 Å². The molecule has 14 heavy (non-hydrogen) atoms. The number of nitrogens with zero attached hydrogens (tertiary/aromatic N) is 1. The Balaban J connectivity index is 3.32. The van der Waals surface area contributed by atoms with E-state index < -0.39 is 11.7 Å². The molecule has 4 heteroatoms. The lowest BCUT2D eigenvalue weighted by atomic mass is 10.1. The number of halogens is 1. The fourth-order valence-corrected chi connectivity index (χ4v) is 1.30. The summed E-state index contributed by atoms with van der Waals surface area (Å²) in [6, 6.07) is 3.02. The van der Waals surface area contributed by atoms with Crippen molar-refractivity contribution in [2.45, 2.75) is 6.92 Å². The number of anilines is 1. The molecule has 0 aliphatic heterocycles. The van der Waals surface area contributed by atoms with Crippen LogP contribution in [-0.4, -0.2) is 20.0 Å². The van der Waals surface area contributed by atoms with Crippen LogP contribution in [0.1, 0.15) is 15.9 Å². The third-order valence-electron chi connectivity index (χ3n) is 2.03. The second-order valence-corrected chi connectivity index (χ2v) is 3.38. The van der Waals surface area contributed by atoms with Crippen molar-refractivity contribution in [2.24, 2.45) is 5.73 Å². The highest BCUT2D eigenvalue weighted by Gasteiger charge is 2.13. The van der Waals surface area contributed by atoms with E-state index in [0.29, 0.717) is 11.3 Å². The number of nitrogens with two attached hydrogens (primary N) is 1. The molecular formula is C10H13FN2O. The number of carbonyl (C=O) groups is 1. The van der Waals surface area contributed by atoms with Crippen molar-refractivity contribution < 1.29 is 9.18 Å². The Bertz CT molecular complexity index is 351. The summed E-state index contributed by atoms with van der Waals surface area (Å²) in [6.45, 7) is 1.66. The predicted octanol–water partition coefficient (Wildman–Crippen LogP) is 1.30. The van der Waals surface area contributed by atoms with E-state index in [1.54, 1.807) is 32.0 Å². The van der Waals surface area contributed by atoms with Crippen LogP contribution in [0, 0.1) is 12.7 Å². The number of aryl methyl sites for hydroxylation is 1. The number of benzene rings is 1. The van der Waals surface area contributed by atoms with Gasteiger partial charge in [0.05, 0.1) is 5.56 Å². The van der Waals surface area contributed by atoms with Gasteiger partial charge < -0.3 is 10.6 Å². The zero-order chi connectivity index (χ0) is 10.9. The molecule has 0 unspecified atom stereocenters. The second kappa shape index (κ2) is 3.65. The third-order valence-corrected chi connectivity index (χ3v) is 2.03. The Morgan fingerprint density at radius 2 is 2.00 bits per heavy atom. The largest absolute Gasteiger partial charge is 0.378 e. The minimum Gasteiger partial charge on any atom is -0.378 e. The van der Waals surface area contributed by atoms with Crippen LogP contribution in [-0.2, 0) is 0 Å². The summed E-state index contributed by atoms with van der Waals surface area (Å²) in [5.74, 6) is -1.30. The average molecular weight is 196 g/mol. The van der Waals surface area contributed by atoms with Crippen LogP contribution in [0.3, 0.4) is 0 Å². The molecule has 3 nitrogen and oxygen atoms in total. The van der Waals surface area contributed by atoms with Gasteiger partial charge in [-0.3, -0.25) is 4.79 Å². The minimum absolute atomic E-state index is 0.0319. The van der Waals surface area contributed by atoms with Crippen LogP contribution in [0.5, 0.6) is 0 Å². The second-order valence-electron chi connectivity index (χ2n) is 3.38. The van der Waals surface area contributed by atoms with Gasteiger partial charge in [0, 0.05) is 19.8 Å². The minimum atomic E-state index is -0.731. The van der Waals surface area contributed by atoms with E-state index in [4.69, 9.17) is 5.73 Å². The molecule has 1 aromatic rings. The van der Waals surface area contributed by atoms with E-state index in [1.807, 2.05) is 0 Å². The van der Waals surface area contributed by atoms with E-state index in [-0.39, 0.29) is 5.56 Å². The van der Waals surface area contributed by atoms with Crippen LogP contribution >= 0.6 is 0 Å². The number of rotatable bonds is 2. The van der Waals surface area contributed by atoms with E-state index in [2.05, 4.69) is 0 Å². The normalized spacial score (nSPS) is 10.0. The molecule has 0 aliphatic carbocycles. The first-order valence-electron chi connectivity index (χ1n) is 4.20. The highest BCUT2D eigenvalue weighted by molar-refractivity contribution is 5.95. The molecule has 0 bridgehead atoms. The van der Waals surface area contributed by atoms with Gasteiger partial charge in [-0.25, -0.2) is 4.39 Å². The van der Waals surface area contributed by atoms with Crippen LogP contribution in [0.15, 0.2) is 12.1 Å². The van der Waals surface area contributed by atoms with Gasteiger partial charge in [0.2, 0.25) is 0 Å². The van der Waals surface area contributed by atoms with Gasteiger partial charge in [-0.05, 0) is 24.6 Å². The molecule has 0 fully saturated rings. The summed E-state index contributed by atoms with van der Waals surface area (Å²) in [7, 11) is 3.61. The van der Waals surface area contributed by atoms with E-state index in [1.165, 1.54) is 6.07 Å². The molecule has 0 spiro atoms. The standard InChI is InChI=1S/C10H13FN2O/c1-6-4-7(13(2)3)5-8(11)9(6)10(12)14/h4-5H,1-3H3,(H2,12,14). The van der Waals surface area contributed by atoms with E-state index in [0.717, 1.165) is 0 Å². The smallest absolute Gasteiger partial charge is 0.251 e. The molecule has 1 rings (SSSR count). The van der Waals surface area contributed by atoms with Crippen LogP contribution in [0.25, 0.3) is 0 Å². The summed E-state index contributed by atoms with van der Waals surface area (Å²) in [6.07, 6.45) is 0. The first-order chi connectivity index (χ1) is 6.43. The lowest BCUT2D eigenvalue weighted by Crippen LogP contribution is -2.17. The highest BCUT2D eigenvalue weighted by Crippen LogP contribution is 2.20. The van der Waals surface area contributed by atoms with E-state index >= 15 is 0 Å². The van der Waals surface area contributed by atoms with Crippen molar-refractivity contribution in [2.75, 3.05) is 19.0 Å². The monoisotopic (exact) mass is 196 g/mol. The lowest BCUT2D eigenvalue weighted by Gasteiger charge is -2.14. The summed E-state index contributed by atoms with van der Waals surface area (Å²) in [5, 5.41) is 0. The molecule has 0 saturated carbocycles. The van der Waals surface area contributed by atoms with Gasteiger partial charge in [0.1, 0.15) is 5.82 Å². The van der Waals surface area contributed by atoms with Crippen molar-refractivity contribution in [3.8, 4) is 0 Å². The third kappa shape index (κ3) is 1.84. The predicted molar refractivity (Wildman–Crippen MR) is 54.0 cm³/mol. The first-order valence-corrected chi connectivity index (χ1v) is 4.20. The molecule has 2 N–H and O–H groups in total. The van der Waals surface area contributed by atoms with Crippen molar-refractivity contribution in [3.05, 3.63) is 29.1 Å². The molecule has 1 aromatic carbocycles. The molecule has 0 atom stereocenters. The van der Waals surface area contributed by atoms with Gasteiger partial charge in [0.25, 0.3) is 5.91 Å². The van der Waals surface area contributed by atoms with Crippen LogP contribution < -0.4 is 10.6 Å². The Hall–Kier alpha value is -1.58. The number of hydrogen-bond acceptors (Lipinski definition) is 2. The Morgan fingerprint density at radius 1 is 1.43 bits per heavy atom. The fourth-order valence-electron chi connectivity index (χ4n) is 1.30. The molecular weight excluding hydrogens is 183 g/mol. The average Bonchev–Trinajstić information content (AvgIpc) is 2.01. The van der Waals surface area contributed by atoms with Gasteiger partial charge in [0.15, 0.2) is 0 Å². The summed E-state index contributed by atoms with van der Waals surface area (Å²) in [4.78, 5) is 12.7. The van der Waals surface area contributed by atoms with Gasteiger partial charge >= 0.3 is 0 Å². The van der Waals surface area contributed by atoms with Crippen LogP contribution in [0.2, 0.25) is 0 Å². The SMILES string of the molecule is Cc1cc(N(C)C)cc(F)c1C(N)=O. The van der Waals surface area contributed by atoms with Crippen molar-refractivity contribution >= 4 is 11.6 Å². The molecule has 1 amide bonds. The molecule has 0 radical (unpaired) electrons. The number of hydrogen-bond donors (Lipinski definition) is 1. The first kappa shape index (κ1) is 10.5. The summed E-state index contributed by atoms with van der Waals surface area (Å²) >= 11 is 0. The zero-order valence-electron chi connectivity index (χ0n) is 8.47. The molecule has 76 valence electrons. The fraction of sp³-hybridized carbons (Fsp3) is 0.300. The van der Waals surface area contributed by atoms with Gasteiger partial charge in [-0.1, -0.05) is 0 Å².